The highest BCUT2D eigenvalue weighted by Gasteiger charge is 2.47. The van der Waals surface area contributed by atoms with Crippen LogP contribution in [-0.2, 0) is 16.0 Å². The first kappa shape index (κ1) is 17.6. The quantitative estimate of drug-likeness (QED) is 0.819. The lowest BCUT2D eigenvalue weighted by molar-refractivity contribution is -0.133. The van der Waals surface area contributed by atoms with Crippen molar-refractivity contribution in [2.45, 2.75) is 19.3 Å². The van der Waals surface area contributed by atoms with Crippen LogP contribution in [0.15, 0.2) is 18.2 Å². The molecule has 0 bridgehead atoms. The van der Waals surface area contributed by atoms with Crippen LogP contribution in [0.5, 0.6) is 11.5 Å². The van der Waals surface area contributed by atoms with E-state index in [0.717, 1.165) is 62.7 Å². The zero-order chi connectivity index (χ0) is 18.1. The minimum absolute atomic E-state index is 0.202. The fraction of sp³-hybridized carbons (Fsp3) is 0.650. The van der Waals surface area contributed by atoms with Crippen LogP contribution in [0.2, 0.25) is 0 Å². The van der Waals surface area contributed by atoms with Gasteiger partial charge < -0.3 is 24.0 Å². The van der Waals surface area contributed by atoms with E-state index in [1.54, 1.807) is 7.11 Å². The molecule has 26 heavy (non-hydrogen) atoms. The molecule has 6 nitrogen and oxygen atoms in total. The first-order valence-electron chi connectivity index (χ1n) is 9.43. The van der Waals surface area contributed by atoms with Gasteiger partial charge in [-0.15, -0.1) is 0 Å². The first-order chi connectivity index (χ1) is 12.6. The third kappa shape index (κ3) is 3.28. The van der Waals surface area contributed by atoms with Crippen LogP contribution in [0, 0.1) is 11.3 Å². The fourth-order valence-electron chi connectivity index (χ4n) is 4.84. The minimum Gasteiger partial charge on any atom is -0.454 e. The van der Waals surface area contributed by atoms with Gasteiger partial charge in [-0.3, -0.25) is 4.79 Å². The highest BCUT2D eigenvalue weighted by atomic mass is 16.7. The van der Waals surface area contributed by atoms with Gasteiger partial charge in [-0.25, -0.2) is 0 Å². The summed E-state index contributed by atoms with van der Waals surface area (Å²) in [5, 5.41) is 0. The molecule has 1 amide bonds. The Morgan fingerprint density at radius 2 is 2.04 bits per heavy atom. The number of hydrogen-bond donors (Lipinski definition) is 0. The molecule has 1 aromatic carbocycles. The molecule has 1 atom stereocenters. The SMILES string of the molecule is COC[C@H]1CN(C)CC12CCN(C(=O)Cc1ccc3c(c1)OCO3)CC2. The van der Waals surface area contributed by atoms with Gasteiger partial charge in [-0.05, 0) is 43.0 Å². The van der Waals surface area contributed by atoms with E-state index in [0.29, 0.717) is 17.8 Å². The molecule has 0 N–H and O–H groups in total. The van der Waals surface area contributed by atoms with E-state index in [9.17, 15) is 4.79 Å². The number of carbonyl (C=O) groups excluding carboxylic acids is 1. The number of fused-ring (bicyclic) bond motifs is 1. The molecule has 0 aromatic heterocycles. The third-order valence-electron chi connectivity index (χ3n) is 6.26. The fourth-order valence-corrected chi connectivity index (χ4v) is 4.84. The predicted octanol–water partition coefficient (Wildman–Crippen LogP) is 1.77. The smallest absolute Gasteiger partial charge is 0.231 e. The predicted molar refractivity (Wildman–Crippen MR) is 97.4 cm³/mol. The monoisotopic (exact) mass is 360 g/mol. The van der Waals surface area contributed by atoms with Gasteiger partial charge in [0, 0.05) is 39.2 Å². The zero-order valence-corrected chi connectivity index (χ0v) is 15.7. The van der Waals surface area contributed by atoms with Crippen molar-refractivity contribution in [2.24, 2.45) is 11.3 Å². The second-order valence-corrected chi connectivity index (χ2v) is 7.96. The highest BCUT2D eigenvalue weighted by molar-refractivity contribution is 5.79. The van der Waals surface area contributed by atoms with E-state index in [4.69, 9.17) is 14.2 Å². The maximum absolute atomic E-state index is 12.8. The van der Waals surface area contributed by atoms with E-state index in [1.807, 2.05) is 23.1 Å². The summed E-state index contributed by atoms with van der Waals surface area (Å²) in [7, 11) is 3.98. The highest BCUT2D eigenvalue weighted by Crippen LogP contribution is 2.44. The van der Waals surface area contributed by atoms with Crippen molar-refractivity contribution in [1.82, 2.24) is 9.80 Å². The minimum atomic E-state index is 0.202. The number of nitrogens with zero attached hydrogens (tertiary/aromatic N) is 2. The molecule has 4 rings (SSSR count). The van der Waals surface area contributed by atoms with Gasteiger partial charge in [-0.1, -0.05) is 6.07 Å². The number of amides is 1. The van der Waals surface area contributed by atoms with Gasteiger partial charge in [0.05, 0.1) is 13.0 Å². The van der Waals surface area contributed by atoms with Crippen molar-refractivity contribution >= 4 is 5.91 Å². The third-order valence-corrected chi connectivity index (χ3v) is 6.26. The van der Waals surface area contributed by atoms with Crippen LogP contribution in [0.3, 0.4) is 0 Å². The van der Waals surface area contributed by atoms with Crippen molar-refractivity contribution in [3.8, 4) is 11.5 Å². The standard InChI is InChI=1S/C20H28N2O4/c1-21-11-16(12-24-2)20(13-21)5-7-22(8-6-20)19(23)10-15-3-4-17-18(9-15)26-14-25-17/h3-4,9,16H,5-8,10-14H2,1-2H3/t16-/m1/s1. The van der Waals surface area contributed by atoms with Crippen molar-refractivity contribution in [3.63, 3.8) is 0 Å². The number of likely N-dealkylation sites (tertiary alicyclic amines) is 2. The van der Waals surface area contributed by atoms with Crippen LogP contribution in [0.4, 0.5) is 0 Å². The largest absolute Gasteiger partial charge is 0.454 e. The lowest BCUT2D eigenvalue weighted by Gasteiger charge is -2.42. The van der Waals surface area contributed by atoms with E-state index in [1.165, 1.54) is 0 Å². The zero-order valence-electron chi connectivity index (χ0n) is 15.7. The summed E-state index contributed by atoms with van der Waals surface area (Å²) in [5.74, 6) is 2.27. The molecular weight excluding hydrogens is 332 g/mol. The Bertz CT molecular complexity index is 670. The molecule has 1 spiro atoms. The summed E-state index contributed by atoms with van der Waals surface area (Å²) < 4.78 is 16.2. The lowest BCUT2D eigenvalue weighted by Crippen LogP contribution is -2.47. The van der Waals surface area contributed by atoms with E-state index < -0.39 is 0 Å². The van der Waals surface area contributed by atoms with E-state index in [2.05, 4.69) is 11.9 Å². The Kier molecular flexibility index (Phi) is 4.80. The molecule has 0 unspecified atom stereocenters. The molecule has 0 saturated carbocycles. The Balaban J connectivity index is 1.36. The van der Waals surface area contributed by atoms with Crippen molar-refractivity contribution in [1.29, 1.82) is 0 Å². The maximum atomic E-state index is 12.8. The Hall–Kier alpha value is -1.79. The van der Waals surface area contributed by atoms with Gasteiger partial charge in [-0.2, -0.15) is 0 Å². The van der Waals surface area contributed by atoms with Crippen LogP contribution in [-0.4, -0.2) is 69.4 Å². The molecule has 2 fully saturated rings. The number of benzene rings is 1. The molecule has 1 aromatic rings. The van der Waals surface area contributed by atoms with Gasteiger partial charge in [0.2, 0.25) is 12.7 Å². The van der Waals surface area contributed by atoms with Crippen LogP contribution in [0.25, 0.3) is 0 Å². The van der Waals surface area contributed by atoms with Crippen molar-refractivity contribution in [2.75, 3.05) is 53.7 Å². The average Bonchev–Trinajstić information content (AvgIpc) is 3.20. The number of piperidine rings is 1. The van der Waals surface area contributed by atoms with E-state index >= 15 is 0 Å². The van der Waals surface area contributed by atoms with Crippen molar-refractivity contribution < 1.29 is 19.0 Å². The summed E-state index contributed by atoms with van der Waals surface area (Å²) >= 11 is 0. The maximum Gasteiger partial charge on any atom is 0.231 e. The number of ether oxygens (including phenoxy) is 3. The summed E-state index contributed by atoms with van der Waals surface area (Å²) in [5.41, 5.74) is 1.29. The van der Waals surface area contributed by atoms with E-state index in [-0.39, 0.29) is 12.7 Å². The summed E-state index contributed by atoms with van der Waals surface area (Å²) in [6.45, 7) is 4.98. The average molecular weight is 360 g/mol. The Morgan fingerprint density at radius 3 is 2.81 bits per heavy atom. The first-order valence-corrected chi connectivity index (χ1v) is 9.43. The number of hydrogen-bond acceptors (Lipinski definition) is 5. The van der Waals surface area contributed by atoms with Crippen LogP contribution < -0.4 is 9.47 Å². The second kappa shape index (κ2) is 7.08. The van der Waals surface area contributed by atoms with Crippen LogP contribution >= 0.6 is 0 Å². The molecule has 3 heterocycles. The topological polar surface area (TPSA) is 51.2 Å². The van der Waals surface area contributed by atoms with Gasteiger partial charge in [0.1, 0.15) is 0 Å². The Morgan fingerprint density at radius 1 is 1.27 bits per heavy atom. The molecule has 3 aliphatic rings. The summed E-state index contributed by atoms with van der Waals surface area (Å²) in [6, 6.07) is 5.77. The number of methoxy groups -OCH3 is 1. The van der Waals surface area contributed by atoms with Gasteiger partial charge in [0.25, 0.3) is 0 Å². The molecule has 3 aliphatic heterocycles. The second-order valence-electron chi connectivity index (χ2n) is 7.96. The number of carbonyl (C=O) groups is 1. The van der Waals surface area contributed by atoms with Gasteiger partial charge in [0.15, 0.2) is 11.5 Å². The molecular formula is C20H28N2O4. The summed E-state index contributed by atoms with van der Waals surface area (Å²) in [4.78, 5) is 17.2. The molecule has 6 heteroatoms. The normalized spacial score (nSPS) is 24.4. The molecule has 0 aliphatic carbocycles. The lowest BCUT2D eigenvalue weighted by atomic mass is 9.71. The summed E-state index contributed by atoms with van der Waals surface area (Å²) in [6.07, 6.45) is 2.56. The van der Waals surface area contributed by atoms with Crippen molar-refractivity contribution in [3.05, 3.63) is 23.8 Å². The molecule has 0 radical (unpaired) electrons. The number of rotatable bonds is 4. The van der Waals surface area contributed by atoms with Gasteiger partial charge >= 0.3 is 0 Å². The Labute approximate surface area is 155 Å². The molecule has 142 valence electrons. The molecule has 2 saturated heterocycles. The van der Waals surface area contributed by atoms with Crippen LogP contribution in [0.1, 0.15) is 18.4 Å².